The van der Waals surface area contributed by atoms with Crippen molar-refractivity contribution in [2.75, 3.05) is 43.4 Å². The molecule has 2 aromatic carbocycles. The third-order valence-electron chi connectivity index (χ3n) is 5.38. The van der Waals surface area contributed by atoms with Crippen molar-refractivity contribution in [3.05, 3.63) is 66.5 Å². The number of nitrogens with zero attached hydrogens (tertiary/aromatic N) is 4. The Morgan fingerprint density at radius 1 is 1.03 bits per heavy atom. The highest BCUT2D eigenvalue weighted by molar-refractivity contribution is 5.94. The number of amides is 1. The van der Waals surface area contributed by atoms with E-state index < -0.39 is 11.9 Å². The first-order chi connectivity index (χ1) is 15.5. The Kier molecular flexibility index (Phi) is 6.61. The van der Waals surface area contributed by atoms with E-state index in [0.717, 1.165) is 43.3 Å². The van der Waals surface area contributed by atoms with Crippen molar-refractivity contribution in [3.63, 3.8) is 0 Å². The van der Waals surface area contributed by atoms with Gasteiger partial charge in [-0.2, -0.15) is 0 Å². The Morgan fingerprint density at radius 3 is 2.53 bits per heavy atom. The van der Waals surface area contributed by atoms with Crippen LogP contribution in [0.15, 0.2) is 60.7 Å². The number of benzene rings is 2. The van der Waals surface area contributed by atoms with Gasteiger partial charge >= 0.3 is 0 Å². The average Bonchev–Trinajstić information content (AvgIpc) is 2.80. The van der Waals surface area contributed by atoms with E-state index in [0.29, 0.717) is 11.4 Å². The highest BCUT2D eigenvalue weighted by atomic mass is 19.1. The second kappa shape index (κ2) is 9.74. The van der Waals surface area contributed by atoms with E-state index in [-0.39, 0.29) is 5.91 Å². The quantitative estimate of drug-likeness (QED) is 0.640. The van der Waals surface area contributed by atoms with Crippen molar-refractivity contribution < 1.29 is 13.9 Å². The van der Waals surface area contributed by atoms with Crippen LogP contribution in [0.2, 0.25) is 0 Å². The first-order valence-corrected chi connectivity index (χ1v) is 10.6. The molecule has 7 nitrogen and oxygen atoms in total. The first-order valence-electron chi connectivity index (χ1n) is 10.6. The summed E-state index contributed by atoms with van der Waals surface area (Å²) < 4.78 is 18.9. The molecule has 1 aliphatic rings. The molecule has 0 spiro atoms. The van der Waals surface area contributed by atoms with Crippen molar-refractivity contribution in [1.82, 2.24) is 15.1 Å². The molecule has 3 aromatic rings. The van der Waals surface area contributed by atoms with Crippen LogP contribution in [0.25, 0.3) is 11.3 Å². The van der Waals surface area contributed by atoms with Gasteiger partial charge in [0, 0.05) is 43.5 Å². The van der Waals surface area contributed by atoms with E-state index in [4.69, 9.17) is 4.74 Å². The van der Waals surface area contributed by atoms with Crippen LogP contribution in [0.3, 0.4) is 0 Å². The van der Waals surface area contributed by atoms with Gasteiger partial charge in [-0.15, -0.1) is 10.2 Å². The molecule has 2 heterocycles. The number of aromatic nitrogens is 2. The Bertz CT molecular complexity index is 1070. The number of carbonyl (C=O) groups excluding carboxylic acids is 1. The fraction of sp³-hybridized carbons (Fsp3) is 0.292. The Morgan fingerprint density at radius 2 is 1.81 bits per heavy atom. The minimum absolute atomic E-state index is 0.303. The van der Waals surface area contributed by atoms with Crippen LogP contribution in [0.5, 0.6) is 5.75 Å². The normalized spacial score (nSPS) is 15.3. The topological polar surface area (TPSA) is 70.6 Å². The fourth-order valence-corrected chi connectivity index (χ4v) is 3.48. The molecule has 4 rings (SSSR count). The smallest absolute Gasteiger partial charge is 0.265 e. The summed E-state index contributed by atoms with van der Waals surface area (Å²) in [7, 11) is 2.12. The average molecular weight is 436 g/mol. The third-order valence-corrected chi connectivity index (χ3v) is 5.38. The van der Waals surface area contributed by atoms with Crippen molar-refractivity contribution >= 4 is 17.4 Å². The van der Waals surface area contributed by atoms with Crippen molar-refractivity contribution in [2.24, 2.45) is 0 Å². The second-order valence-corrected chi connectivity index (χ2v) is 7.85. The zero-order chi connectivity index (χ0) is 22.5. The maximum Gasteiger partial charge on any atom is 0.265 e. The van der Waals surface area contributed by atoms with E-state index in [1.807, 2.05) is 30.3 Å². The summed E-state index contributed by atoms with van der Waals surface area (Å²) in [5.41, 5.74) is 2.19. The number of rotatable bonds is 6. The highest BCUT2D eigenvalue weighted by Gasteiger charge is 2.17. The number of hydrogen-bond acceptors (Lipinski definition) is 6. The molecule has 1 unspecified atom stereocenters. The molecule has 1 aromatic heterocycles. The van der Waals surface area contributed by atoms with Crippen LogP contribution in [-0.4, -0.2) is 60.3 Å². The molecule has 1 N–H and O–H groups in total. The summed E-state index contributed by atoms with van der Waals surface area (Å²) in [6.07, 6.45) is -0.789. The van der Waals surface area contributed by atoms with Gasteiger partial charge < -0.3 is 19.9 Å². The summed E-state index contributed by atoms with van der Waals surface area (Å²) in [4.78, 5) is 17.0. The zero-order valence-electron chi connectivity index (χ0n) is 18.2. The standard InChI is InChI=1S/C24H26FN5O2/c1-17(32-21-8-4-6-19(25)16-21)24(31)26-20-7-3-5-18(15-20)22-9-10-23(28-27-22)30-13-11-29(2)12-14-30/h3-10,15-17H,11-14H2,1-2H3,(H,26,31). The van der Waals surface area contributed by atoms with Crippen LogP contribution in [0, 0.1) is 5.82 Å². The van der Waals surface area contributed by atoms with Gasteiger partial charge in [0.2, 0.25) is 0 Å². The van der Waals surface area contributed by atoms with Crippen LogP contribution in [0.1, 0.15) is 6.92 Å². The minimum atomic E-state index is -0.789. The van der Waals surface area contributed by atoms with E-state index in [1.165, 1.54) is 18.2 Å². The number of piperazine rings is 1. The molecule has 1 atom stereocenters. The van der Waals surface area contributed by atoms with Crippen LogP contribution >= 0.6 is 0 Å². The number of likely N-dealkylation sites (N-methyl/N-ethyl adjacent to an activating group) is 1. The summed E-state index contributed by atoms with van der Waals surface area (Å²) in [6.45, 7) is 5.50. The molecule has 1 amide bonds. The fourth-order valence-electron chi connectivity index (χ4n) is 3.48. The van der Waals surface area contributed by atoms with Gasteiger partial charge in [-0.05, 0) is 50.4 Å². The van der Waals surface area contributed by atoms with Gasteiger partial charge in [0.25, 0.3) is 5.91 Å². The van der Waals surface area contributed by atoms with Gasteiger partial charge in [0.05, 0.1) is 5.69 Å². The molecule has 32 heavy (non-hydrogen) atoms. The maximum atomic E-state index is 13.3. The van der Waals surface area contributed by atoms with Crippen molar-refractivity contribution in [1.29, 1.82) is 0 Å². The SMILES string of the molecule is CC(Oc1cccc(F)c1)C(=O)Nc1cccc(-c2ccc(N3CCN(C)CC3)nn2)c1. The molecule has 1 fully saturated rings. The number of halogens is 1. The lowest BCUT2D eigenvalue weighted by atomic mass is 10.1. The Hall–Kier alpha value is -3.52. The lowest BCUT2D eigenvalue weighted by Crippen LogP contribution is -2.44. The zero-order valence-corrected chi connectivity index (χ0v) is 18.2. The molecule has 0 aliphatic carbocycles. The monoisotopic (exact) mass is 435 g/mol. The maximum absolute atomic E-state index is 13.3. The first kappa shape index (κ1) is 21.7. The highest BCUT2D eigenvalue weighted by Crippen LogP contribution is 2.23. The van der Waals surface area contributed by atoms with Gasteiger partial charge in [-0.25, -0.2) is 4.39 Å². The van der Waals surface area contributed by atoms with Gasteiger partial charge in [0.1, 0.15) is 11.6 Å². The summed E-state index contributed by atoms with van der Waals surface area (Å²) in [5, 5.41) is 11.6. The van der Waals surface area contributed by atoms with Crippen LogP contribution in [0.4, 0.5) is 15.9 Å². The Labute approximate surface area is 186 Å². The lowest BCUT2D eigenvalue weighted by Gasteiger charge is -2.32. The molecule has 1 saturated heterocycles. The van der Waals surface area contributed by atoms with Gasteiger partial charge in [-0.3, -0.25) is 4.79 Å². The van der Waals surface area contributed by atoms with E-state index in [1.54, 1.807) is 19.1 Å². The largest absolute Gasteiger partial charge is 0.481 e. The van der Waals surface area contributed by atoms with Crippen molar-refractivity contribution in [2.45, 2.75) is 13.0 Å². The minimum Gasteiger partial charge on any atom is -0.481 e. The molecular formula is C24H26FN5O2. The van der Waals surface area contributed by atoms with Gasteiger partial charge in [0.15, 0.2) is 11.9 Å². The van der Waals surface area contributed by atoms with E-state index >= 15 is 0 Å². The molecular weight excluding hydrogens is 409 g/mol. The van der Waals surface area contributed by atoms with Crippen LogP contribution < -0.4 is 15.0 Å². The number of carbonyl (C=O) groups is 1. The Balaban J connectivity index is 1.40. The number of ether oxygens (including phenoxy) is 1. The molecule has 1 aliphatic heterocycles. The molecule has 8 heteroatoms. The van der Waals surface area contributed by atoms with Crippen molar-refractivity contribution in [3.8, 4) is 17.0 Å². The summed E-state index contributed by atoms with van der Waals surface area (Å²) in [6, 6.07) is 17.0. The summed E-state index contributed by atoms with van der Waals surface area (Å²) in [5.74, 6) is 0.428. The van der Waals surface area contributed by atoms with E-state index in [9.17, 15) is 9.18 Å². The predicted octanol–water partition coefficient (Wildman–Crippen LogP) is 3.44. The predicted molar refractivity (Wildman–Crippen MR) is 122 cm³/mol. The van der Waals surface area contributed by atoms with E-state index in [2.05, 4.69) is 32.4 Å². The summed E-state index contributed by atoms with van der Waals surface area (Å²) >= 11 is 0. The second-order valence-electron chi connectivity index (χ2n) is 7.85. The van der Waals surface area contributed by atoms with Gasteiger partial charge in [-0.1, -0.05) is 18.2 Å². The number of nitrogens with one attached hydrogen (secondary N) is 1. The molecule has 0 radical (unpaired) electrons. The molecule has 0 saturated carbocycles. The molecule has 166 valence electrons. The number of anilines is 2. The van der Waals surface area contributed by atoms with Crippen LogP contribution in [-0.2, 0) is 4.79 Å². The lowest BCUT2D eigenvalue weighted by molar-refractivity contribution is -0.122. The molecule has 0 bridgehead atoms. The third kappa shape index (κ3) is 5.39. The number of hydrogen-bond donors (Lipinski definition) is 1.